The Bertz CT molecular complexity index is 2030. The molecule has 0 unspecified atom stereocenters. The molecule has 1 fully saturated rings. The van der Waals surface area contributed by atoms with Crippen LogP contribution in [0.25, 0.3) is 11.1 Å². The third-order valence-electron chi connectivity index (χ3n) is 8.89. The van der Waals surface area contributed by atoms with Crippen molar-refractivity contribution in [2.45, 2.75) is 43.7 Å². The average molecular weight is 714 g/mol. The molecule has 0 bridgehead atoms. The Morgan fingerprint density at radius 2 is 1.58 bits per heavy atom. The van der Waals surface area contributed by atoms with Crippen molar-refractivity contribution in [3.8, 4) is 22.6 Å². The van der Waals surface area contributed by atoms with Gasteiger partial charge in [-0.15, -0.1) is 0 Å². The van der Waals surface area contributed by atoms with Crippen molar-refractivity contribution in [2.75, 3.05) is 11.1 Å². The van der Waals surface area contributed by atoms with Crippen LogP contribution in [0.3, 0.4) is 0 Å². The predicted molar refractivity (Wildman–Crippen MR) is 201 cm³/mol. The Morgan fingerprint density at radius 3 is 2.31 bits per heavy atom. The average Bonchev–Trinajstić information content (AvgIpc) is 3.72. The fourth-order valence-electron chi connectivity index (χ4n) is 6.02. The van der Waals surface area contributed by atoms with Gasteiger partial charge in [-0.2, -0.15) is 5.10 Å². The van der Waals surface area contributed by atoms with Gasteiger partial charge in [0, 0.05) is 29.5 Å². The smallest absolute Gasteiger partial charge is 0.319 e. The van der Waals surface area contributed by atoms with E-state index in [0.717, 1.165) is 44.3 Å². The second kappa shape index (κ2) is 16.7. The summed E-state index contributed by atoms with van der Waals surface area (Å²) in [5.41, 5.74) is 6.50. The van der Waals surface area contributed by atoms with Crippen LogP contribution in [0, 0.1) is 5.92 Å². The standard InChI is InChI=1S/C41H39N5O5S/c1-27-37(25-52-41-43-26-44-46-41)50-39(51-38(27)31-12-10-28(24-47)11-13-31)32-16-14-30(15-17-32)33-7-5-6-29(22-33)23-42-40(48)45-34-18-20-36(21-19-34)49-35-8-3-2-4-9-35/h2-22,26-27,37-39,47H,23-25H2,1H3,(H2,42,45,48)(H,43,44,46)/t27-,37+,38+,39+/m1/s1. The van der Waals surface area contributed by atoms with Gasteiger partial charge in [0.2, 0.25) is 0 Å². The molecule has 4 N–H and O–H groups in total. The number of ether oxygens (including phenoxy) is 3. The lowest BCUT2D eigenvalue weighted by atomic mass is 9.91. The summed E-state index contributed by atoms with van der Waals surface area (Å²) in [5, 5.41) is 23.0. The number of para-hydroxylation sites is 1. The van der Waals surface area contributed by atoms with Gasteiger partial charge in [0.05, 0.1) is 18.8 Å². The van der Waals surface area contributed by atoms with E-state index in [1.165, 1.54) is 6.33 Å². The minimum absolute atomic E-state index is 0.00769. The van der Waals surface area contributed by atoms with Crippen LogP contribution in [0.5, 0.6) is 11.5 Å². The summed E-state index contributed by atoms with van der Waals surface area (Å²) in [7, 11) is 0. The Labute approximate surface area is 306 Å². The molecule has 5 aromatic carbocycles. The maximum absolute atomic E-state index is 12.7. The van der Waals surface area contributed by atoms with Crippen LogP contribution in [-0.4, -0.2) is 38.2 Å². The first-order chi connectivity index (χ1) is 25.5. The molecule has 0 saturated carbocycles. The number of rotatable bonds is 12. The Kier molecular flexibility index (Phi) is 11.2. The molecule has 2 amide bonds. The fourth-order valence-corrected chi connectivity index (χ4v) is 6.96. The molecule has 264 valence electrons. The van der Waals surface area contributed by atoms with E-state index in [2.05, 4.69) is 57.0 Å². The lowest BCUT2D eigenvalue weighted by Gasteiger charge is -2.41. The minimum Gasteiger partial charge on any atom is -0.457 e. The number of nitrogens with one attached hydrogen (secondary N) is 3. The van der Waals surface area contributed by atoms with Gasteiger partial charge < -0.3 is 30.0 Å². The van der Waals surface area contributed by atoms with Gasteiger partial charge in [0.1, 0.15) is 17.8 Å². The SMILES string of the molecule is C[C@@H]1[C@H](CSc2ncn[nH]2)O[C@H](c2ccc(-c3cccc(CNC(=O)Nc4ccc(Oc5ccccc5)cc4)c3)cc2)O[C@@H]1c1ccc(CO)cc1. The summed E-state index contributed by atoms with van der Waals surface area (Å²) in [6.07, 6.45) is 0.598. The first kappa shape index (κ1) is 35.0. The highest BCUT2D eigenvalue weighted by Crippen LogP contribution is 2.43. The zero-order chi connectivity index (χ0) is 35.7. The van der Waals surface area contributed by atoms with E-state index in [0.29, 0.717) is 23.7 Å². The first-order valence-electron chi connectivity index (χ1n) is 17.1. The largest absolute Gasteiger partial charge is 0.457 e. The lowest BCUT2D eigenvalue weighted by molar-refractivity contribution is -0.268. The van der Waals surface area contributed by atoms with Crippen molar-refractivity contribution in [1.82, 2.24) is 20.5 Å². The number of nitrogens with zero attached hydrogens (tertiary/aromatic N) is 2. The highest BCUT2D eigenvalue weighted by molar-refractivity contribution is 7.99. The number of benzene rings is 5. The van der Waals surface area contributed by atoms with Gasteiger partial charge in [-0.25, -0.2) is 9.78 Å². The van der Waals surface area contributed by atoms with Crippen molar-refractivity contribution in [3.63, 3.8) is 0 Å². The number of carbonyl (C=O) groups excluding carboxylic acids is 1. The summed E-state index contributed by atoms with van der Waals surface area (Å²) in [5.74, 6) is 2.17. The third-order valence-corrected chi connectivity index (χ3v) is 9.85. The van der Waals surface area contributed by atoms with E-state index in [1.807, 2.05) is 91.0 Å². The molecular formula is C41H39N5O5S. The van der Waals surface area contributed by atoms with E-state index in [-0.39, 0.29) is 30.8 Å². The Balaban J connectivity index is 0.979. The monoisotopic (exact) mass is 713 g/mol. The van der Waals surface area contributed by atoms with Gasteiger partial charge in [0.25, 0.3) is 0 Å². The summed E-state index contributed by atoms with van der Waals surface area (Å²) in [4.78, 5) is 16.9. The molecule has 6 aromatic rings. The second-order valence-electron chi connectivity index (χ2n) is 12.5. The van der Waals surface area contributed by atoms with Crippen molar-refractivity contribution in [2.24, 2.45) is 5.92 Å². The first-order valence-corrected chi connectivity index (χ1v) is 18.0. The van der Waals surface area contributed by atoms with Crippen LogP contribution in [0.4, 0.5) is 10.5 Å². The third kappa shape index (κ3) is 8.87. The van der Waals surface area contributed by atoms with Crippen molar-refractivity contribution in [1.29, 1.82) is 0 Å². The van der Waals surface area contributed by atoms with Crippen LogP contribution in [-0.2, 0) is 22.6 Å². The van der Waals surface area contributed by atoms with Gasteiger partial charge in [-0.1, -0.05) is 104 Å². The number of amides is 2. The van der Waals surface area contributed by atoms with Crippen molar-refractivity contribution >= 4 is 23.5 Å². The normalized spacial score (nSPS) is 18.4. The number of aromatic amines is 1. The second-order valence-corrected chi connectivity index (χ2v) is 13.5. The number of aliphatic hydroxyl groups is 1. The number of hydrogen-bond donors (Lipinski definition) is 4. The van der Waals surface area contributed by atoms with E-state index in [4.69, 9.17) is 14.2 Å². The lowest BCUT2D eigenvalue weighted by Crippen LogP contribution is -2.38. The Hall–Kier alpha value is -5.46. The van der Waals surface area contributed by atoms with Crippen LogP contribution in [0.1, 0.15) is 41.6 Å². The molecule has 52 heavy (non-hydrogen) atoms. The molecule has 0 radical (unpaired) electrons. The summed E-state index contributed by atoms with van der Waals surface area (Å²) < 4.78 is 19.0. The number of thioether (sulfide) groups is 1. The molecule has 0 spiro atoms. The molecule has 0 aliphatic carbocycles. The maximum Gasteiger partial charge on any atom is 0.319 e. The molecule has 11 heteroatoms. The number of H-pyrrole nitrogens is 1. The number of aliphatic hydroxyl groups excluding tert-OH is 1. The Morgan fingerprint density at radius 1 is 0.827 bits per heavy atom. The van der Waals surface area contributed by atoms with Gasteiger partial charge in [0.15, 0.2) is 11.4 Å². The van der Waals surface area contributed by atoms with Crippen LogP contribution in [0.15, 0.2) is 139 Å². The number of aromatic nitrogens is 3. The van der Waals surface area contributed by atoms with Crippen LogP contribution < -0.4 is 15.4 Å². The quantitative estimate of drug-likeness (QED) is 0.0928. The topological polar surface area (TPSA) is 131 Å². The highest BCUT2D eigenvalue weighted by atomic mass is 32.2. The number of hydrogen-bond acceptors (Lipinski definition) is 8. The maximum atomic E-state index is 12.7. The number of carbonyl (C=O) groups is 1. The summed E-state index contributed by atoms with van der Waals surface area (Å²) in [6.45, 7) is 2.50. The van der Waals surface area contributed by atoms with Crippen molar-refractivity contribution in [3.05, 3.63) is 156 Å². The molecule has 1 saturated heterocycles. The highest BCUT2D eigenvalue weighted by Gasteiger charge is 2.38. The van der Waals surface area contributed by atoms with E-state index in [9.17, 15) is 9.90 Å². The molecule has 4 atom stereocenters. The zero-order valence-corrected chi connectivity index (χ0v) is 29.3. The molecule has 7 rings (SSSR count). The fraction of sp³-hybridized carbons (Fsp3) is 0.195. The van der Waals surface area contributed by atoms with Crippen molar-refractivity contribution < 1.29 is 24.1 Å². The predicted octanol–water partition coefficient (Wildman–Crippen LogP) is 8.66. The zero-order valence-electron chi connectivity index (χ0n) is 28.5. The molecule has 1 aliphatic rings. The number of urea groups is 1. The minimum atomic E-state index is -0.574. The van der Waals surface area contributed by atoms with Gasteiger partial charge >= 0.3 is 6.03 Å². The van der Waals surface area contributed by atoms with Gasteiger partial charge in [-0.3, -0.25) is 5.10 Å². The number of anilines is 1. The van der Waals surface area contributed by atoms with E-state index in [1.54, 1.807) is 23.9 Å². The van der Waals surface area contributed by atoms with Crippen LogP contribution in [0.2, 0.25) is 0 Å². The van der Waals surface area contributed by atoms with E-state index < -0.39 is 6.29 Å². The molecule has 2 heterocycles. The molecule has 10 nitrogen and oxygen atoms in total. The van der Waals surface area contributed by atoms with E-state index >= 15 is 0 Å². The summed E-state index contributed by atoms with van der Waals surface area (Å²) in [6, 6.07) is 40.7. The van der Waals surface area contributed by atoms with Crippen LogP contribution >= 0.6 is 11.8 Å². The molecule has 1 aromatic heterocycles. The summed E-state index contributed by atoms with van der Waals surface area (Å²) >= 11 is 1.57. The molecular weight excluding hydrogens is 675 g/mol. The van der Waals surface area contributed by atoms with Gasteiger partial charge in [-0.05, 0) is 70.3 Å². The molecule has 1 aliphatic heterocycles.